The summed E-state index contributed by atoms with van der Waals surface area (Å²) in [7, 11) is 0. The lowest BCUT2D eigenvalue weighted by atomic mass is 10.2. The molecule has 6 heteroatoms. The van der Waals surface area contributed by atoms with Gasteiger partial charge < -0.3 is 14.8 Å². The van der Waals surface area contributed by atoms with E-state index in [4.69, 9.17) is 9.47 Å². The summed E-state index contributed by atoms with van der Waals surface area (Å²) in [6.07, 6.45) is 0. The molecule has 0 atom stereocenters. The largest absolute Gasteiger partial charge is 0.455 e. The summed E-state index contributed by atoms with van der Waals surface area (Å²) in [5.41, 5.74) is 1.31. The number of esters is 1. The first kappa shape index (κ1) is 19.1. The minimum atomic E-state index is -0.662. The molecule has 0 radical (unpaired) electrons. The average molecular weight is 398 g/mol. The Labute approximate surface area is 173 Å². The van der Waals surface area contributed by atoms with E-state index < -0.39 is 18.5 Å². The fraction of sp³-hybridized carbons (Fsp3) is 0.0417. The second kappa shape index (κ2) is 8.87. The molecule has 0 spiro atoms. The Hall–Kier alpha value is -4.19. The molecule has 4 aromatic rings. The van der Waals surface area contributed by atoms with Crippen LogP contribution in [0.25, 0.3) is 10.9 Å². The molecule has 1 aromatic heterocycles. The number of nitrogens with zero attached hydrogens (tertiary/aromatic N) is 1. The van der Waals surface area contributed by atoms with Crippen LogP contribution in [0, 0.1) is 0 Å². The number of carbonyl (C=O) groups excluding carboxylic acids is 2. The van der Waals surface area contributed by atoms with Crippen molar-refractivity contribution >= 4 is 28.5 Å². The average Bonchev–Trinajstić information content (AvgIpc) is 2.79. The number of benzene rings is 3. The molecule has 4 rings (SSSR count). The Morgan fingerprint density at radius 1 is 0.800 bits per heavy atom. The van der Waals surface area contributed by atoms with Crippen LogP contribution in [0.15, 0.2) is 91.0 Å². The van der Waals surface area contributed by atoms with E-state index in [2.05, 4.69) is 10.3 Å². The van der Waals surface area contributed by atoms with Gasteiger partial charge in [0.1, 0.15) is 11.4 Å². The number of amides is 1. The van der Waals surface area contributed by atoms with Crippen LogP contribution in [-0.4, -0.2) is 23.5 Å². The van der Waals surface area contributed by atoms with Gasteiger partial charge in [0.2, 0.25) is 0 Å². The standard InChI is InChI=1S/C24H18N2O4/c27-23(16-29-24(28)21-15-14-17-8-4-5-11-19(17)25-21)26-20-12-6-7-13-22(20)30-18-9-2-1-3-10-18/h1-15H,16H2,(H,26,27). The number of hydrogen-bond acceptors (Lipinski definition) is 5. The van der Waals surface area contributed by atoms with E-state index in [1.807, 2.05) is 54.6 Å². The molecule has 148 valence electrons. The molecule has 0 fully saturated rings. The van der Waals surface area contributed by atoms with Crippen LogP contribution in [0.5, 0.6) is 11.5 Å². The lowest BCUT2D eigenvalue weighted by Crippen LogP contribution is -2.21. The summed E-state index contributed by atoms with van der Waals surface area (Å²) in [6, 6.07) is 27.1. The quantitative estimate of drug-likeness (QED) is 0.471. The predicted octanol–water partition coefficient (Wildman–Crippen LogP) is 4.82. The van der Waals surface area contributed by atoms with E-state index in [0.717, 1.165) is 5.39 Å². The van der Waals surface area contributed by atoms with Gasteiger partial charge in [0, 0.05) is 5.39 Å². The van der Waals surface area contributed by atoms with E-state index >= 15 is 0 Å². The molecule has 6 nitrogen and oxygen atoms in total. The third kappa shape index (κ3) is 4.62. The van der Waals surface area contributed by atoms with Crippen LogP contribution in [0.3, 0.4) is 0 Å². The first-order chi connectivity index (χ1) is 14.7. The Morgan fingerprint density at radius 2 is 1.53 bits per heavy atom. The molecule has 1 amide bonds. The highest BCUT2D eigenvalue weighted by Gasteiger charge is 2.14. The number of para-hydroxylation sites is 4. The highest BCUT2D eigenvalue weighted by molar-refractivity contribution is 5.96. The van der Waals surface area contributed by atoms with Crippen LogP contribution in [0.2, 0.25) is 0 Å². The Balaban J connectivity index is 1.38. The molecular formula is C24H18N2O4. The molecule has 0 unspecified atom stereocenters. The molecule has 0 bridgehead atoms. The lowest BCUT2D eigenvalue weighted by molar-refractivity contribution is -0.119. The normalized spacial score (nSPS) is 10.4. The second-order valence-corrected chi connectivity index (χ2v) is 6.42. The van der Waals surface area contributed by atoms with Crippen LogP contribution < -0.4 is 10.1 Å². The highest BCUT2D eigenvalue weighted by atomic mass is 16.5. The molecule has 30 heavy (non-hydrogen) atoms. The van der Waals surface area contributed by atoms with Crippen molar-refractivity contribution in [3.63, 3.8) is 0 Å². The van der Waals surface area contributed by atoms with Gasteiger partial charge in [0.05, 0.1) is 11.2 Å². The molecular weight excluding hydrogens is 380 g/mol. The van der Waals surface area contributed by atoms with E-state index in [1.165, 1.54) is 0 Å². The number of aromatic nitrogens is 1. The smallest absolute Gasteiger partial charge is 0.357 e. The van der Waals surface area contributed by atoms with Gasteiger partial charge in [-0.15, -0.1) is 0 Å². The van der Waals surface area contributed by atoms with Gasteiger partial charge in [-0.2, -0.15) is 0 Å². The number of ether oxygens (including phenoxy) is 2. The van der Waals surface area contributed by atoms with Gasteiger partial charge in [-0.05, 0) is 36.4 Å². The minimum absolute atomic E-state index is 0.148. The Morgan fingerprint density at radius 3 is 2.40 bits per heavy atom. The lowest BCUT2D eigenvalue weighted by Gasteiger charge is -2.12. The monoisotopic (exact) mass is 398 g/mol. The maximum atomic E-state index is 12.3. The maximum absolute atomic E-state index is 12.3. The van der Waals surface area contributed by atoms with Gasteiger partial charge in [-0.25, -0.2) is 9.78 Å². The van der Waals surface area contributed by atoms with Crippen molar-refractivity contribution in [2.45, 2.75) is 0 Å². The van der Waals surface area contributed by atoms with Crippen LogP contribution in [0.1, 0.15) is 10.5 Å². The Kier molecular flexibility index (Phi) is 5.66. The number of fused-ring (bicyclic) bond motifs is 1. The number of hydrogen-bond donors (Lipinski definition) is 1. The van der Waals surface area contributed by atoms with Gasteiger partial charge in [-0.1, -0.05) is 54.6 Å². The second-order valence-electron chi connectivity index (χ2n) is 6.42. The van der Waals surface area contributed by atoms with Crippen molar-refractivity contribution in [2.75, 3.05) is 11.9 Å². The molecule has 3 aromatic carbocycles. The summed E-state index contributed by atoms with van der Waals surface area (Å²) in [4.78, 5) is 28.8. The van der Waals surface area contributed by atoms with E-state index in [-0.39, 0.29) is 5.69 Å². The molecule has 1 heterocycles. The minimum Gasteiger partial charge on any atom is -0.455 e. The summed E-state index contributed by atoms with van der Waals surface area (Å²) in [5, 5.41) is 3.62. The number of pyridine rings is 1. The van der Waals surface area contributed by atoms with Crippen LogP contribution in [0.4, 0.5) is 5.69 Å². The summed E-state index contributed by atoms with van der Waals surface area (Å²) in [6.45, 7) is -0.437. The molecule has 0 saturated heterocycles. The van der Waals surface area contributed by atoms with Crippen molar-refractivity contribution in [1.82, 2.24) is 4.98 Å². The summed E-state index contributed by atoms with van der Waals surface area (Å²) < 4.78 is 10.9. The summed E-state index contributed by atoms with van der Waals surface area (Å²) >= 11 is 0. The van der Waals surface area contributed by atoms with E-state index in [9.17, 15) is 9.59 Å². The molecule has 0 aliphatic heterocycles. The number of anilines is 1. The van der Waals surface area contributed by atoms with Gasteiger partial charge >= 0.3 is 5.97 Å². The zero-order chi connectivity index (χ0) is 20.8. The van der Waals surface area contributed by atoms with E-state index in [1.54, 1.807) is 36.4 Å². The fourth-order valence-corrected chi connectivity index (χ4v) is 2.85. The number of rotatable bonds is 6. The Bertz CT molecular complexity index is 1190. The zero-order valence-electron chi connectivity index (χ0n) is 15.9. The van der Waals surface area contributed by atoms with E-state index in [0.29, 0.717) is 22.7 Å². The van der Waals surface area contributed by atoms with Crippen molar-refractivity contribution < 1.29 is 19.1 Å². The molecule has 1 N–H and O–H groups in total. The van der Waals surface area contributed by atoms with Crippen molar-refractivity contribution in [2.24, 2.45) is 0 Å². The van der Waals surface area contributed by atoms with Crippen LogP contribution in [-0.2, 0) is 9.53 Å². The number of carbonyl (C=O) groups is 2. The first-order valence-corrected chi connectivity index (χ1v) is 9.34. The molecule has 0 aliphatic carbocycles. The first-order valence-electron chi connectivity index (χ1n) is 9.34. The fourth-order valence-electron chi connectivity index (χ4n) is 2.85. The van der Waals surface area contributed by atoms with Crippen molar-refractivity contribution in [3.05, 3.63) is 96.7 Å². The predicted molar refractivity (Wildman–Crippen MR) is 114 cm³/mol. The topological polar surface area (TPSA) is 77.5 Å². The van der Waals surface area contributed by atoms with Crippen molar-refractivity contribution in [1.29, 1.82) is 0 Å². The highest BCUT2D eigenvalue weighted by Crippen LogP contribution is 2.29. The molecule has 0 saturated carbocycles. The molecule has 0 aliphatic rings. The number of nitrogens with one attached hydrogen (secondary N) is 1. The van der Waals surface area contributed by atoms with Crippen LogP contribution >= 0.6 is 0 Å². The zero-order valence-corrected chi connectivity index (χ0v) is 15.9. The maximum Gasteiger partial charge on any atom is 0.357 e. The van der Waals surface area contributed by atoms with Gasteiger partial charge in [0.25, 0.3) is 5.91 Å². The third-order valence-corrected chi connectivity index (χ3v) is 4.27. The van der Waals surface area contributed by atoms with Crippen molar-refractivity contribution in [3.8, 4) is 11.5 Å². The third-order valence-electron chi connectivity index (χ3n) is 4.27. The SMILES string of the molecule is O=C(COC(=O)c1ccc2ccccc2n1)Nc1ccccc1Oc1ccccc1. The summed E-state index contributed by atoms with van der Waals surface area (Å²) in [5.74, 6) is -0.00875. The van der Waals surface area contributed by atoms with Gasteiger partial charge in [0.15, 0.2) is 12.4 Å². The van der Waals surface area contributed by atoms with Gasteiger partial charge in [-0.3, -0.25) is 4.79 Å².